The smallest absolute Gasteiger partial charge is 0.132 e. The van der Waals surface area contributed by atoms with Crippen LogP contribution in [-0.2, 0) is 0 Å². The lowest BCUT2D eigenvalue weighted by Crippen LogP contribution is -2.61. The van der Waals surface area contributed by atoms with Crippen LogP contribution < -0.4 is 4.90 Å². The van der Waals surface area contributed by atoms with Gasteiger partial charge in [-0.2, -0.15) is 11.8 Å². The van der Waals surface area contributed by atoms with Crippen molar-refractivity contribution in [3.05, 3.63) is 18.1 Å². The average molecular weight is 250 g/mol. The highest BCUT2D eigenvalue weighted by atomic mass is 32.2. The molecule has 0 saturated carbocycles. The molecule has 2 aliphatic rings. The van der Waals surface area contributed by atoms with Crippen LogP contribution in [-0.4, -0.2) is 58.6 Å². The number of hydrogen-bond donors (Lipinski definition) is 0. The van der Waals surface area contributed by atoms with E-state index in [0.717, 1.165) is 30.8 Å². The molecule has 92 valence electrons. The van der Waals surface area contributed by atoms with Gasteiger partial charge in [-0.1, -0.05) is 0 Å². The van der Waals surface area contributed by atoms with E-state index in [4.69, 9.17) is 0 Å². The molecule has 0 radical (unpaired) electrons. The second-order valence-electron chi connectivity index (χ2n) is 4.67. The number of rotatable bonds is 2. The van der Waals surface area contributed by atoms with Crippen LogP contribution >= 0.6 is 11.8 Å². The van der Waals surface area contributed by atoms with Crippen LogP contribution in [0.2, 0.25) is 0 Å². The minimum atomic E-state index is 0.742. The van der Waals surface area contributed by atoms with Gasteiger partial charge in [0, 0.05) is 49.9 Å². The molecule has 0 N–H and O–H groups in total. The lowest BCUT2D eigenvalue weighted by atomic mass is 10.1. The van der Waals surface area contributed by atoms with Crippen LogP contribution in [0.3, 0.4) is 0 Å². The maximum Gasteiger partial charge on any atom is 0.132 e. The zero-order chi connectivity index (χ0) is 11.7. The first-order valence-corrected chi connectivity index (χ1v) is 7.35. The molecule has 0 aromatic carbocycles. The molecule has 0 bridgehead atoms. The molecule has 3 rings (SSSR count). The summed E-state index contributed by atoms with van der Waals surface area (Å²) in [5, 5.41) is 0. The molecule has 0 aliphatic carbocycles. The molecular weight excluding hydrogens is 232 g/mol. The van der Waals surface area contributed by atoms with Gasteiger partial charge < -0.3 is 4.90 Å². The van der Waals surface area contributed by atoms with E-state index in [9.17, 15) is 0 Å². The molecule has 0 unspecified atom stereocenters. The van der Waals surface area contributed by atoms with Crippen molar-refractivity contribution in [1.29, 1.82) is 0 Å². The molecule has 5 heteroatoms. The second kappa shape index (κ2) is 4.82. The summed E-state index contributed by atoms with van der Waals surface area (Å²) < 4.78 is 0. The summed E-state index contributed by atoms with van der Waals surface area (Å²) in [6.07, 6.45) is 1.85. The van der Waals surface area contributed by atoms with Crippen molar-refractivity contribution in [1.82, 2.24) is 14.9 Å². The van der Waals surface area contributed by atoms with Gasteiger partial charge in [-0.25, -0.2) is 9.97 Å². The summed E-state index contributed by atoms with van der Waals surface area (Å²) in [6, 6.07) is 2.75. The van der Waals surface area contributed by atoms with Gasteiger partial charge in [0.2, 0.25) is 0 Å². The van der Waals surface area contributed by atoms with Crippen LogP contribution in [0.25, 0.3) is 0 Å². The van der Waals surface area contributed by atoms with E-state index in [1.807, 2.05) is 19.2 Å². The maximum absolute atomic E-state index is 4.47. The number of anilines is 1. The van der Waals surface area contributed by atoms with Crippen molar-refractivity contribution in [3.63, 3.8) is 0 Å². The van der Waals surface area contributed by atoms with Crippen molar-refractivity contribution in [3.8, 4) is 0 Å². The Hall–Kier alpha value is -0.810. The molecule has 3 heterocycles. The molecule has 2 fully saturated rings. The SMILES string of the molecule is Cc1nccc(N2CC(N3CCSCC3)C2)n1. The molecule has 1 aromatic rings. The van der Waals surface area contributed by atoms with Gasteiger partial charge in [-0.15, -0.1) is 0 Å². The number of nitrogens with zero attached hydrogens (tertiary/aromatic N) is 4. The van der Waals surface area contributed by atoms with Crippen LogP contribution in [0.1, 0.15) is 5.82 Å². The number of aromatic nitrogens is 2. The highest BCUT2D eigenvalue weighted by Gasteiger charge is 2.33. The van der Waals surface area contributed by atoms with Crippen LogP contribution in [0.5, 0.6) is 0 Å². The average Bonchev–Trinajstić information content (AvgIpc) is 2.28. The Morgan fingerprint density at radius 2 is 2.06 bits per heavy atom. The Morgan fingerprint density at radius 3 is 2.76 bits per heavy atom. The minimum absolute atomic E-state index is 0.742. The van der Waals surface area contributed by atoms with E-state index < -0.39 is 0 Å². The van der Waals surface area contributed by atoms with E-state index >= 15 is 0 Å². The summed E-state index contributed by atoms with van der Waals surface area (Å²) in [6.45, 7) is 6.71. The van der Waals surface area contributed by atoms with Gasteiger partial charge in [0.25, 0.3) is 0 Å². The minimum Gasteiger partial charge on any atom is -0.353 e. The second-order valence-corrected chi connectivity index (χ2v) is 5.89. The molecule has 0 atom stereocenters. The molecule has 17 heavy (non-hydrogen) atoms. The van der Waals surface area contributed by atoms with E-state index in [0.29, 0.717) is 0 Å². The fourth-order valence-electron chi connectivity index (χ4n) is 2.44. The standard InChI is InChI=1S/C12H18N4S/c1-10-13-3-2-12(14-10)16-8-11(9-16)15-4-6-17-7-5-15/h2-3,11H,4-9H2,1H3. The van der Waals surface area contributed by atoms with Crippen molar-refractivity contribution in [2.75, 3.05) is 42.6 Å². The zero-order valence-corrected chi connectivity index (χ0v) is 11.0. The molecule has 0 amide bonds. The third-order valence-corrected chi connectivity index (χ3v) is 4.45. The van der Waals surface area contributed by atoms with Gasteiger partial charge in [-0.05, 0) is 13.0 Å². The Bertz CT molecular complexity index is 386. The molecule has 4 nitrogen and oxygen atoms in total. The van der Waals surface area contributed by atoms with Gasteiger partial charge >= 0.3 is 0 Å². The summed E-state index contributed by atoms with van der Waals surface area (Å²) in [7, 11) is 0. The Labute approximate surface area is 106 Å². The van der Waals surface area contributed by atoms with Gasteiger partial charge in [-0.3, -0.25) is 4.90 Å². The third kappa shape index (κ3) is 2.40. The van der Waals surface area contributed by atoms with E-state index in [-0.39, 0.29) is 0 Å². The normalized spacial score (nSPS) is 22.5. The molecule has 2 aliphatic heterocycles. The lowest BCUT2D eigenvalue weighted by molar-refractivity contribution is 0.182. The van der Waals surface area contributed by atoms with E-state index in [1.54, 1.807) is 0 Å². The van der Waals surface area contributed by atoms with Crippen molar-refractivity contribution in [2.45, 2.75) is 13.0 Å². The first kappa shape index (κ1) is 11.3. The fraction of sp³-hybridized carbons (Fsp3) is 0.667. The first-order valence-electron chi connectivity index (χ1n) is 6.19. The highest BCUT2D eigenvalue weighted by molar-refractivity contribution is 7.99. The first-order chi connectivity index (χ1) is 8.33. The van der Waals surface area contributed by atoms with Crippen molar-refractivity contribution in [2.24, 2.45) is 0 Å². The summed E-state index contributed by atoms with van der Waals surface area (Å²) in [5.41, 5.74) is 0. The predicted molar refractivity (Wildman–Crippen MR) is 71.7 cm³/mol. The zero-order valence-electron chi connectivity index (χ0n) is 10.2. The van der Waals surface area contributed by atoms with Crippen LogP contribution in [0.15, 0.2) is 12.3 Å². The lowest BCUT2D eigenvalue weighted by Gasteiger charge is -2.47. The Balaban J connectivity index is 1.57. The van der Waals surface area contributed by atoms with Crippen molar-refractivity contribution < 1.29 is 0 Å². The summed E-state index contributed by atoms with van der Waals surface area (Å²) >= 11 is 2.07. The highest BCUT2D eigenvalue weighted by Crippen LogP contribution is 2.23. The molecule has 2 saturated heterocycles. The third-order valence-electron chi connectivity index (χ3n) is 3.51. The Morgan fingerprint density at radius 1 is 1.29 bits per heavy atom. The number of thioether (sulfide) groups is 1. The number of hydrogen-bond acceptors (Lipinski definition) is 5. The van der Waals surface area contributed by atoms with Gasteiger partial charge in [0.05, 0.1) is 0 Å². The van der Waals surface area contributed by atoms with E-state index in [2.05, 4.69) is 31.5 Å². The van der Waals surface area contributed by atoms with Crippen LogP contribution in [0, 0.1) is 6.92 Å². The van der Waals surface area contributed by atoms with Gasteiger partial charge in [0.15, 0.2) is 0 Å². The van der Waals surface area contributed by atoms with Crippen molar-refractivity contribution >= 4 is 17.6 Å². The number of aryl methyl sites for hydroxylation is 1. The Kier molecular flexibility index (Phi) is 3.20. The maximum atomic E-state index is 4.47. The summed E-state index contributed by atoms with van der Waals surface area (Å²) in [4.78, 5) is 13.6. The van der Waals surface area contributed by atoms with E-state index in [1.165, 1.54) is 24.6 Å². The monoisotopic (exact) mass is 250 g/mol. The topological polar surface area (TPSA) is 32.3 Å². The summed E-state index contributed by atoms with van der Waals surface area (Å²) in [5.74, 6) is 4.53. The quantitative estimate of drug-likeness (QED) is 0.782. The molecule has 0 spiro atoms. The fourth-order valence-corrected chi connectivity index (χ4v) is 3.37. The molecule has 1 aromatic heterocycles. The van der Waals surface area contributed by atoms with Crippen LogP contribution in [0.4, 0.5) is 5.82 Å². The predicted octanol–water partition coefficient (Wildman–Crippen LogP) is 1.02. The largest absolute Gasteiger partial charge is 0.353 e. The molecular formula is C12H18N4S. The van der Waals surface area contributed by atoms with Gasteiger partial charge in [0.1, 0.15) is 11.6 Å².